The highest BCUT2D eigenvalue weighted by Gasteiger charge is 2.00. The molecule has 4 heteroatoms. The van der Waals surface area contributed by atoms with Crippen LogP contribution in [0.2, 0.25) is 0 Å². The Morgan fingerprint density at radius 1 is 1.64 bits per heavy atom. The number of primary amides is 1. The van der Waals surface area contributed by atoms with E-state index in [1.54, 1.807) is 6.26 Å². The van der Waals surface area contributed by atoms with Crippen LogP contribution in [0.15, 0.2) is 16.7 Å². The molecular weight excluding hydrogens is 180 g/mol. The van der Waals surface area contributed by atoms with Crippen molar-refractivity contribution in [3.8, 4) is 0 Å². The SMILES string of the molecule is Cc1ccoc1CNCCCC(N)=O. The summed E-state index contributed by atoms with van der Waals surface area (Å²) >= 11 is 0. The molecule has 0 aliphatic rings. The zero-order chi connectivity index (χ0) is 10.4. The molecular formula is C10H16N2O2. The van der Waals surface area contributed by atoms with Crippen LogP contribution in [0.5, 0.6) is 0 Å². The molecule has 1 heterocycles. The molecule has 1 amide bonds. The summed E-state index contributed by atoms with van der Waals surface area (Å²) in [5, 5.41) is 3.18. The standard InChI is InChI=1S/C10H16N2O2/c1-8-4-6-14-9(8)7-12-5-2-3-10(11)13/h4,6,12H,2-3,5,7H2,1H3,(H2,11,13). The molecule has 1 aromatic rings. The van der Waals surface area contributed by atoms with Crippen LogP contribution in [-0.2, 0) is 11.3 Å². The fourth-order valence-corrected chi connectivity index (χ4v) is 1.17. The van der Waals surface area contributed by atoms with E-state index < -0.39 is 0 Å². The number of hydrogen-bond donors (Lipinski definition) is 2. The molecule has 14 heavy (non-hydrogen) atoms. The van der Waals surface area contributed by atoms with Crippen LogP contribution >= 0.6 is 0 Å². The van der Waals surface area contributed by atoms with Crippen LogP contribution in [0.4, 0.5) is 0 Å². The van der Waals surface area contributed by atoms with Gasteiger partial charge in [0.1, 0.15) is 5.76 Å². The summed E-state index contributed by atoms with van der Waals surface area (Å²) in [7, 11) is 0. The van der Waals surface area contributed by atoms with Gasteiger partial charge < -0.3 is 15.5 Å². The van der Waals surface area contributed by atoms with Crippen molar-refractivity contribution in [2.45, 2.75) is 26.3 Å². The van der Waals surface area contributed by atoms with E-state index in [0.717, 1.165) is 24.3 Å². The first-order chi connectivity index (χ1) is 6.70. The topological polar surface area (TPSA) is 68.3 Å². The highest BCUT2D eigenvalue weighted by molar-refractivity contribution is 5.73. The van der Waals surface area contributed by atoms with Gasteiger partial charge in [0.2, 0.25) is 5.91 Å². The van der Waals surface area contributed by atoms with E-state index >= 15 is 0 Å². The van der Waals surface area contributed by atoms with E-state index in [4.69, 9.17) is 10.2 Å². The lowest BCUT2D eigenvalue weighted by molar-refractivity contribution is -0.118. The van der Waals surface area contributed by atoms with E-state index in [9.17, 15) is 4.79 Å². The van der Waals surface area contributed by atoms with Crippen molar-refractivity contribution in [3.05, 3.63) is 23.7 Å². The van der Waals surface area contributed by atoms with Gasteiger partial charge in [0, 0.05) is 6.42 Å². The lowest BCUT2D eigenvalue weighted by Crippen LogP contribution is -2.18. The Bertz CT molecular complexity index is 294. The fraction of sp³-hybridized carbons (Fsp3) is 0.500. The zero-order valence-electron chi connectivity index (χ0n) is 8.38. The Kier molecular flexibility index (Phi) is 4.19. The van der Waals surface area contributed by atoms with Crippen molar-refractivity contribution in [2.24, 2.45) is 5.73 Å². The van der Waals surface area contributed by atoms with Crippen LogP contribution in [0.1, 0.15) is 24.2 Å². The number of aryl methyl sites for hydroxylation is 1. The molecule has 0 saturated carbocycles. The van der Waals surface area contributed by atoms with Gasteiger partial charge in [-0.25, -0.2) is 0 Å². The molecule has 1 rings (SSSR count). The molecule has 0 aromatic carbocycles. The number of nitrogens with one attached hydrogen (secondary N) is 1. The van der Waals surface area contributed by atoms with Crippen LogP contribution in [0.3, 0.4) is 0 Å². The summed E-state index contributed by atoms with van der Waals surface area (Å²) < 4.78 is 5.24. The molecule has 0 saturated heterocycles. The predicted molar refractivity (Wildman–Crippen MR) is 53.6 cm³/mol. The van der Waals surface area contributed by atoms with Crippen LogP contribution < -0.4 is 11.1 Å². The summed E-state index contributed by atoms with van der Waals surface area (Å²) in [6.07, 6.45) is 2.88. The second-order valence-electron chi connectivity index (χ2n) is 3.27. The number of carbonyl (C=O) groups is 1. The van der Waals surface area contributed by atoms with Crippen molar-refractivity contribution < 1.29 is 9.21 Å². The molecule has 0 aliphatic heterocycles. The second kappa shape index (κ2) is 5.44. The van der Waals surface area contributed by atoms with Gasteiger partial charge in [-0.1, -0.05) is 0 Å². The first-order valence-corrected chi connectivity index (χ1v) is 4.72. The van der Waals surface area contributed by atoms with Gasteiger partial charge in [-0.05, 0) is 31.5 Å². The van der Waals surface area contributed by atoms with Gasteiger partial charge in [0.15, 0.2) is 0 Å². The Morgan fingerprint density at radius 3 is 3.00 bits per heavy atom. The second-order valence-corrected chi connectivity index (χ2v) is 3.27. The van der Waals surface area contributed by atoms with Crippen molar-refractivity contribution in [3.63, 3.8) is 0 Å². The summed E-state index contributed by atoms with van der Waals surface area (Å²) in [5.74, 6) is 0.699. The number of rotatable bonds is 6. The van der Waals surface area contributed by atoms with Gasteiger partial charge in [0.05, 0.1) is 12.8 Å². The highest BCUT2D eigenvalue weighted by atomic mass is 16.3. The van der Waals surface area contributed by atoms with E-state index in [2.05, 4.69) is 5.32 Å². The zero-order valence-corrected chi connectivity index (χ0v) is 8.38. The number of amides is 1. The third kappa shape index (κ3) is 3.62. The number of hydrogen-bond acceptors (Lipinski definition) is 3. The third-order valence-electron chi connectivity index (χ3n) is 2.03. The normalized spacial score (nSPS) is 10.4. The lowest BCUT2D eigenvalue weighted by Gasteiger charge is -2.01. The molecule has 0 spiro atoms. The quantitative estimate of drug-likeness (QED) is 0.665. The van der Waals surface area contributed by atoms with Crippen LogP contribution in [0.25, 0.3) is 0 Å². The number of furan rings is 1. The Labute approximate surface area is 83.5 Å². The minimum absolute atomic E-state index is 0.249. The monoisotopic (exact) mass is 196 g/mol. The Morgan fingerprint density at radius 2 is 2.43 bits per heavy atom. The molecule has 0 aliphatic carbocycles. The van der Waals surface area contributed by atoms with Crippen molar-refractivity contribution in [1.29, 1.82) is 0 Å². The van der Waals surface area contributed by atoms with Gasteiger partial charge in [-0.2, -0.15) is 0 Å². The largest absolute Gasteiger partial charge is 0.468 e. The molecule has 0 bridgehead atoms. The van der Waals surface area contributed by atoms with Crippen LogP contribution in [-0.4, -0.2) is 12.5 Å². The maximum atomic E-state index is 10.4. The maximum Gasteiger partial charge on any atom is 0.217 e. The highest BCUT2D eigenvalue weighted by Crippen LogP contribution is 2.07. The molecule has 0 atom stereocenters. The third-order valence-corrected chi connectivity index (χ3v) is 2.03. The summed E-state index contributed by atoms with van der Waals surface area (Å²) in [4.78, 5) is 10.4. The predicted octanol–water partition coefficient (Wildman–Crippen LogP) is 0.943. The molecule has 0 radical (unpaired) electrons. The Balaban J connectivity index is 2.10. The van der Waals surface area contributed by atoms with E-state index in [1.165, 1.54) is 0 Å². The van der Waals surface area contributed by atoms with Crippen molar-refractivity contribution >= 4 is 5.91 Å². The average molecular weight is 196 g/mol. The summed E-state index contributed by atoms with van der Waals surface area (Å²) in [6, 6.07) is 1.93. The van der Waals surface area contributed by atoms with E-state index in [-0.39, 0.29) is 5.91 Å². The van der Waals surface area contributed by atoms with E-state index in [1.807, 2.05) is 13.0 Å². The minimum atomic E-state index is -0.249. The molecule has 4 nitrogen and oxygen atoms in total. The molecule has 1 aromatic heterocycles. The minimum Gasteiger partial charge on any atom is -0.468 e. The van der Waals surface area contributed by atoms with Crippen molar-refractivity contribution in [2.75, 3.05) is 6.54 Å². The van der Waals surface area contributed by atoms with Gasteiger partial charge >= 0.3 is 0 Å². The van der Waals surface area contributed by atoms with Gasteiger partial charge in [-0.3, -0.25) is 4.79 Å². The van der Waals surface area contributed by atoms with Crippen molar-refractivity contribution in [1.82, 2.24) is 5.32 Å². The smallest absolute Gasteiger partial charge is 0.217 e. The fourth-order valence-electron chi connectivity index (χ4n) is 1.17. The first-order valence-electron chi connectivity index (χ1n) is 4.72. The molecule has 78 valence electrons. The lowest BCUT2D eigenvalue weighted by atomic mass is 10.2. The summed E-state index contributed by atoms with van der Waals surface area (Å²) in [6.45, 7) is 3.49. The summed E-state index contributed by atoms with van der Waals surface area (Å²) in [5.41, 5.74) is 6.15. The Hall–Kier alpha value is -1.29. The molecule has 0 fully saturated rings. The molecule has 3 N–H and O–H groups in total. The maximum absolute atomic E-state index is 10.4. The number of nitrogens with two attached hydrogens (primary N) is 1. The number of carbonyl (C=O) groups excluding carboxylic acids is 1. The first kappa shape index (κ1) is 10.8. The van der Waals surface area contributed by atoms with Crippen LogP contribution in [0, 0.1) is 6.92 Å². The van der Waals surface area contributed by atoms with E-state index in [0.29, 0.717) is 13.0 Å². The average Bonchev–Trinajstić information content (AvgIpc) is 2.51. The van der Waals surface area contributed by atoms with Gasteiger partial charge in [-0.15, -0.1) is 0 Å². The molecule has 0 unspecified atom stereocenters. The van der Waals surface area contributed by atoms with Gasteiger partial charge in [0.25, 0.3) is 0 Å².